The van der Waals surface area contributed by atoms with Crippen LogP contribution in [0.3, 0.4) is 0 Å². The average molecular weight is 1610 g/mol. The Morgan fingerprint density at radius 2 is 0.408 bits per heavy atom. The number of halogens is 2. The molecule has 4 fully saturated rings. The summed E-state index contributed by atoms with van der Waals surface area (Å²) in [5, 5.41) is 6.36. The number of rotatable bonds is 16. The summed E-state index contributed by atoms with van der Waals surface area (Å²) in [6.07, 6.45) is 29.5. The molecule has 0 N–H and O–H groups in total. The maximum atomic E-state index is 4.94. The third kappa shape index (κ3) is 41.0. The van der Waals surface area contributed by atoms with Crippen molar-refractivity contribution in [1.82, 2.24) is 0 Å². The number of benzene rings is 4. The van der Waals surface area contributed by atoms with E-state index >= 15 is 0 Å². The van der Waals surface area contributed by atoms with Crippen LogP contribution in [0.25, 0.3) is 0 Å². The molecule has 4 heterocycles. The van der Waals surface area contributed by atoms with E-state index in [9.17, 15) is 0 Å². The topological polar surface area (TPSA) is 36.9 Å². The smallest absolute Gasteiger partial charge is 1.00 e. The SMILES string of the molecule is C1CCOC1.C1CCOC1.C1CCOC1.C1CCOC1.CC[PH+](CC)c1ccc(SC)cc1.CC[PH+](CC)c1ccc(SC)cc1.CC[PH+](CC)c1ccc(SC)cc1.CC[PH+](CC)c1ccc(SC)cc1.[Au+].[Au+].[Cl-].[Cl-]. The van der Waals surface area contributed by atoms with E-state index in [1.807, 2.05) is 47.0 Å². The Balaban J connectivity index is -0.000000399. The molecule has 4 saturated heterocycles. The van der Waals surface area contributed by atoms with Crippen LogP contribution in [0.5, 0.6) is 0 Å². The summed E-state index contributed by atoms with van der Waals surface area (Å²) in [5.41, 5.74) is 0. The van der Waals surface area contributed by atoms with E-state index in [0.29, 0.717) is 0 Å². The molecule has 8 rings (SSSR count). The van der Waals surface area contributed by atoms with Crippen molar-refractivity contribution in [3.8, 4) is 0 Å². The zero-order valence-corrected chi connectivity index (χ0v) is 61.9. The van der Waals surface area contributed by atoms with Gasteiger partial charge in [0.15, 0.2) is 0 Å². The molecule has 16 heteroatoms. The molecule has 0 unspecified atom stereocenters. The van der Waals surface area contributed by atoms with Gasteiger partial charge in [-0.25, -0.2) is 0 Å². The van der Waals surface area contributed by atoms with E-state index in [1.165, 1.54) is 120 Å². The van der Waals surface area contributed by atoms with Crippen molar-refractivity contribution in [3.05, 3.63) is 97.1 Å². The molecular formula is C60H104Au2Cl2O4P4S4+4. The first-order chi connectivity index (χ1) is 35.2. The molecule has 4 nitrogen and oxygen atoms in total. The van der Waals surface area contributed by atoms with Crippen LogP contribution in [-0.2, 0) is 63.7 Å². The van der Waals surface area contributed by atoms with Crippen molar-refractivity contribution in [2.24, 2.45) is 0 Å². The van der Waals surface area contributed by atoms with Crippen LogP contribution >= 0.6 is 78.7 Å². The molecule has 444 valence electrons. The van der Waals surface area contributed by atoms with Gasteiger partial charge in [-0.2, -0.15) is 0 Å². The Hall–Kier alpha value is 1.90. The van der Waals surface area contributed by atoms with E-state index in [1.54, 1.807) is 21.2 Å². The molecule has 0 atom stereocenters. The fourth-order valence-electron chi connectivity index (χ4n) is 7.98. The van der Waals surface area contributed by atoms with Crippen LogP contribution in [0.4, 0.5) is 0 Å². The Kier molecular flexibility index (Phi) is 66.6. The van der Waals surface area contributed by atoms with Crippen molar-refractivity contribution >= 4 is 100.0 Å². The van der Waals surface area contributed by atoms with E-state index in [-0.39, 0.29) is 101 Å². The quantitative estimate of drug-likeness (QED) is 0.0624. The molecule has 4 aliphatic heterocycles. The largest absolute Gasteiger partial charge is 1.00 e. The molecular weight excluding hydrogens is 1500 g/mol. The molecule has 76 heavy (non-hydrogen) atoms. The van der Waals surface area contributed by atoms with Gasteiger partial charge < -0.3 is 43.8 Å². The first-order valence-corrected chi connectivity index (χ1v) is 40.1. The average Bonchev–Trinajstić information content (AvgIpc) is 4.33. The predicted molar refractivity (Wildman–Crippen MR) is 349 cm³/mol. The van der Waals surface area contributed by atoms with Gasteiger partial charge in [0.25, 0.3) is 0 Å². The van der Waals surface area contributed by atoms with Gasteiger partial charge in [-0.15, -0.1) is 47.0 Å². The van der Waals surface area contributed by atoms with Gasteiger partial charge >= 0.3 is 44.8 Å². The van der Waals surface area contributed by atoms with Crippen molar-refractivity contribution in [1.29, 1.82) is 0 Å². The van der Waals surface area contributed by atoms with E-state index in [0.717, 1.165) is 52.9 Å². The molecule has 0 bridgehead atoms. The van der Waals surface area contributed by atoms with Crippen LogP contribution in [-0.4, -0.2) is 127 Å². The molecule has 0 spiro atoms. The Morgan fingerprint density at radius 1 is 0.276 bits per heavy atom. The third-order valence-electron chi connectivity index (χ3n) is 12.7. The summed E-state index contributed by atoms with van der Waals surface area (Å²) in [6, 6.07) is 36.5. The molecule has 0 amide bonds. The molecule has 0 aromatic heterocycles. The number of thioether (sulfide) groups is 4. The molecule has 4 aliphatic rings. The minimum Gasteiger partial charge on any atom is -1.00 e. The second-order valence-electron chi connectivity index (χ2n) is 17.4. The molecule has 0 saturated carbocycles. The minimum absolute atomic E-state index is 0. The van der Waals surface area contributed by atoms with Crippen LogP contribution < -0.4 is 46.0 Å². The predicted octanol–water partition coefficient (Wildman–Crippen LogP) is 10.3. The summed E-state index contributed by atoms with van der Waals surface area (Å²) in [5.74, 6) is 0. The van der Waals surface area contributed by atoms with Crippen LogP contribution in [0, 0.1) is 0 Å². The van der Waals surface area contributed by atoms with Gasteiger partial charge in [-0.05, 0) is 229 Å². The number of hydrogen-bond acceptors (Lipinski definition) is 8. The van der Waals surface area contributed by atoms with Crippen molar-refractivity contribution < 1.29 is 88.5 Å². The first kappa shape index (κ1) is 84.4. The maximum Gasteiger partial charge on any atom is 1.00 e. The van der Waals surface area contributed by atoms with E-state index in [2.05, 4.69) is 177 Å². The standard InChI is InChI=1S/4C11H17PS.4C4H8O.2Au.2ClH/c4*1-4-12(5-2)10-6-8-11(13-3)9-7-10;4*1-2-4-5-3-1;;;;/h4*6-9H,4-5H2,1-3H3;4*1-4H2;;;2*1H/q;;;;;;;;2*+1;;/p+2. The summed E-state index contributed by atoms with van der Waals surface area (Å²) in [7, 11) is -0.939. The normalized spacial score (nSPS) is 13.7. The van der Waals surface area contributed by atoms with Crippen LogP contribution in [0.2, 0.25) is 0 Å². The van der Waals surface area contributed by atoms with Gasteiger partial charge in [-0.3, -0.25) is 0 Å². The Morgan fingerprint density at radius 3 is 0.487 bits per heavy atom. The zero-order valence-electron chi connectivity index (χ0n) is 48.8. The second-order valence-corrected chi connectivity index (χ2v) is 33.7. The van der Waals surface area contributed by atoms with Crippen molar-refractivity contribution in [3.63, 3.8) is 0 Å². The van der Waals surface area contributed by atoms with Gasteiger partial charge in [0.1, 0.15) is 0 Å². The van der Waals surface area contributed by atoms with Gasteiger partial charge in [0, 0.05) is 104 Å². The van der Waals surface area contributed by atoms with E-state index < -0.39 is 0 Å². The number of ether oxygens (including phenoxy) is 4. The fraction of sp³-hybridized carbons (Fsp3) is 0.600. The molecule has 4 aromatic carbocycles. The van der Waals surface area contributed by atoms with Crippen molar-refractivity contribution in [2.75, 3.05) is 127 Å². The van der Waals surface area contributed by atoms with Gasteiger partial charge in [0.05, 0.1) is 70.5 Å². The monoisotopic (exact) mass is 1600 g/mol. The Labute approximate surface area is 533 Å². The van der Waals surface area contributed by atoms with Crippen molar-refractivity contribution in [2.45, 2.75) is 126 Å². The van der Waals surface area contributed by atoms with Crippen LogP contribution in [0.1, 0.15) is 107 Å². The Bertz CT molecular complexity index is 1480. The van der Waals surface area contributed by atoms with Crippen LogP contribution in [0.15, 0.2) is 117 Å². The summed E-state index contributed by atoms with van der Waals surface area (Å²) in [4.78, 5) is 5.49. The molecule has 0 aliphatic carbocycles. The number of hydrogen-bond donors (Lipinski definition) is 0. The summed E-state index contributed by atoms with van der Waals surface area (Å²) >= 11 is 7.26. The second kappa shape index (κ2) is 60.0. The molecule has 4 aromatic rings. The summed E-state index contributed by atoms with van der Waals surface area (Å²) < 4.78 is 19.8. The maximum absolute atomic E-state index is 4.94. The first-order valence-electron chi connectivity index (χ1n) is 27.5. The van der Waals surface area contributed by atoms with E-state index in [4.69, 9.17) is 18.9 Å². The van der Waals surface area contributed by atoms with Gasteiger partial charge in [0.2, 0.25) is 0 Å². The third-order valence-corrected chi connectivity index (χ3v) is 27.1. The molecule has 0 radical (unpaired) electrons. The minimum atomic E-state index is -0.235. The fourth-order valence-corrected chi connectivity index (χ4v) is 17.4. The zero-order chi connectivity index (χ0) is 52.9. The van der Waals surface area contributed by atoms with Gasteiger partial charge in [-0.1, -0.05) is 0 Å². The summed E-state index contributed by atoms with van der Waals surface area (Å²) in [6.45, 7) is 26.4.